The van der Waals surface area contributed by atoms with E-state index in [0.717, 1.165) is 39.0 Å². The molecule has 2 saturated heterocycles. The van der Waals surface area contributed by atoms with E-state index in [2.05, 4.69) is 5.32 Å². The first-order valence-electron chi connectivity index (χ1n) is 4.93. The van der Waals surface area contributed by atoms with Crippen molar-refractivity contribution in [3.8, 4) is 0 Å². The molecule has 70 valence electrons. The highest BCUT2D eigenvalue weighted by atomic mass is 17.2. The van der Waals surface area contributed by atoms with E-state index >= 15 is 0 Å². The molecule has 2 aliphatic heterocycles. The molecule has 2 heterocycles. The predicted molar refractivity (Wildman–Crippen MR) is 45.7 cm³/mol. The fourth-order valence-electron chi connectivity index (χ4n) is 2.09. The van der Waals surface area contributed by atoms with Crippen LogP contribution in [-0.2, 0) is 9.78 Å². The van der Waals surface area contributed by atoms with Crippen LogP contribution in [-0.4, -0.2) is 25.3 Å². The van der Waals surface area contributed by atoms with Crippen molar-refractivity contribution in [3.05, 3.63) is 0 Å². The van der Waals surface area contributed by atoms with Gasteiger partial charge in [0.05, 0.1) is 6.61 Å². The van der Waals surface area contributed by atoms with Crippen molar-refractivity contribution < 1.29 is 9.78 Å². The Morgan fingerprint density at radius 2 is 1.75 bits per heavy atom. The first-order chi connectivity index (χ1) is 5.91. The zero-order chi connectivity index (χ0) is 8.28. The summed E-state index contributed by atoms with van der Waals surface area (Å²) in [5.74, 6) is 0. The maximum Gasteiger partial charge on any atom is 0.106 e. The zero-order valence-electron chi connectivity index (χ0n) is 7.47. The van der Waals surface area contributed by atoms with Gasteiger partial charge in [-0.25, -0.2) is 9.78 Å². The first-order valence-corrected chi connectivity index (χ1v) is 4.93. The van der Waals surface area contributed by atoms with Crippen LogP contribution in [0.25, 0.3) is 0 Å². The highest BCUT2D eigenvalue weighted by Crippen LogP contribution is 2.33. The normalized spacial score (nSPS) is 30.0. The summed E-state index contributed by atoms with van der Waals surface area (Å²) in [6.07, 6.45) is 5.82. The quantitative estimate of drug-likeness (QED) is 0.556. The lowest BCUT2D eigenvalue weighted by Gasteiger charge is -2.27. The van der Waals surface area contributed by atoms with Crippen LogP contribution in [0.3, 0.4) is 0 Å². The minimum Gasteiger partial charge on any atom is -0.317 e. The van der Waals surface area contributed by atoms with Gasteiger partial charge in [-0.05, 0) is 38.8 Å². The van der Waals surface area contributed by atoms with E-state index in [1.165, 1.54) is 12.8 Å². The van der Waals surface area contributed by atoms with Gasteiger partial charge < -0.3 is 5.32 Å². The van der Waals surface area contributed by atoms with Crippen LogP contribution >= 0.6 is 0 Å². The van der Waals surface area contributed by atoms with Crippen LogP contribution in [0.15, 0.2) is 0 Å². The summed E-state index contributed by atoms with van der Waals surface area (Å²) >= 11 is 0. The lowest BCUT2D eigenvalue weighted by molar-refractivity contribution is -0.312. The predicted octanol–water partition coefficient (Wildman–Crippen LogP) is 1.24. The van der Waals surface area contributed by atoms with Crippen molar-refractivity contribution in [2.75, 3.05) is 19.7 Å². The molecular formula is C9H17NO2. The second-order valence-electron chi connectivity index (χ2n) is 3.80. The molecule has 0 radical (unpaired) electrons. The van der Waals surface area contributed by atoms with Crippen LogP contribution in [0.2, 0.25) is 0 Å². The summed E-state index contributed by atoms with van der Waals surface area (Å²) in [6, 6.07) is 0. The topological polar surface area (TPSA) is 30.5 Å². The molecule has 0 aromatic rings. The lowest BCUT2D eigenvalue weighted by Crippen LogP contribution is -2.33. The standard InChI is InChI=1S/C9H17NO2/c1-3-9(5-8-11-12-9)4-2-7-10-6-1/h10H,1-8H2. The molecule has 0 amide bonds. The monoisotopic (exact) mass is 171 g/mol. The largest absolute Gasteiger partial charge is 0.317 e. The van der Waals surface area contributed by atoms with Crippen LogP contribution in [0.4, 0.5) is 0 Å². The maximum absolute atomic E-state index is 5.39. The Morgan fingerprint density at radius 3 is 2.33 bits per heavy atom. The highest BCUT2D eigenvalue weighted by Gasteiger charge is 2.36. The minimum absolute atomic E-state index is 0.0854. The van der Waals surface area contributed by atoms with Gasteiger partial charge in [0.25, 0.3) is 0 Å². The highest BCUT2D eigenvalue weighted by molar-refractivity contribution is 4.83. The maximum atomic E-state index is 5.39. The number of rotatable bonds is 0. The smallest absolute Gasteiger partial charge is 0.106 e. The minimum atomic E-state index is 0.0854. The zero-order valence-corrected chi connectivity index (χ0v) is 7.47. The Bertz CT molecular complexity index is 133. The average molecular weight is 171 g/mol. The number of hydrogen-bond donors (Lipinski definition) is 1. The van der Waals surface area contributed by atoms with Crippen LogP contribution in [0.1, 0.15) is 32.1 Å². The van der Waals surface area contributed by atoms with Gasteiger partial charge in [-0.15, -0.1) is 0 Å². The van der Waals surface area contributed by atoms with Gasteiger partial charge in [0.15, 0.2) is 0 Å². The Kier molecular flexibility index (Phi) is 2.63. The Morgan fingerprint density at radius 1 is 1.00 bits per heavy atom. The molecule has 3 heteroatoms. The van der Waals surface area contributed by atoms with Crippen molar-refractivity contribution >= 4 is 0 Å². The van der Waals surface area contributed by atoms with Crippen LogP contribution in [0.5, 0.6) is 0 Å². The van der Waals surface area contributed by atoms with Crippen molar-refractivity contribution in [3.63, 3.8) is 0 Å². The molecule has 3 nitrogen and oxygen atoms in total. The van der Waals surface area contributed by atoms with E-state index in [0.29, 0.717) is 0 Å². The van der Waals surface area contributed by atoms with Crippen molar-refractivity contribution in [2.45, 2.75) is 37.7 Å². The Hall–Kier alpha value is -0.120. The van der Waals surface area contributed by atoms with Crippen molar-refractivity contribution in [1.82, 2.24) is 5.32 Å². The van der Waals surface area contributed by atoms with E-state index in [1.54, 1.807) is 0 Å². The molecule has 1 spiro atoms. The molecule has 0 atom stereocenters. The summed E-state index contributed by atoms with van der Waals surface area (Å²) in [5.41, 5.74) is 0.0854. The third-order valence-corrected chi connectivity index (χ3v) is 2.85. The second kappa shape index (κ2) is 3.73. The molecule has 0 aromatic carbocycles. The molecule has 1 N–H and O–H groups in total. The van der Waals surface area contributed by atoms with E-state index < -0.39 is 0 Å². The molecule has 2 fully saturated rings. The van der Waals surface area contributed by atoms with Crippen molar-refractivity contribution in [2.24, 2.45) is 0 Å². The molecule has 2 rings (SSSR count). The summed E-state index contributed by atoms with van der Waals surface area (Å²) in [7, 11) is 0. The van der Waals surface area contributed by atoms with E-state index in [9.17, 15) is 0 Å². The van der Waals surface area contributed by atoms with Crippen LogP contribution < -0.4 is 5.32 Å². The van der Waals surface area contributed by atoms with Gasteiger partial charge in [0, 0.05) is 6.42 Å². The van der Waals surface area contributed by atoms with E-state index in [-0.39, 0.29) is 5.60 Å². The average Bonchev–Trinajstić information content (AvgIpc) is 2.47. The summed E-state index contributed by atoms with van der Waals surface area (Å²) in [6.45, 7) is 3.05. The molecule has 12 heavy (non-hydrogen) atoms. The fourth-order valence-corrected chi connectivity index (χ4v) is 2.09. The molecule has 0 saturated carbocycles. The van der Waals surface area contributed by atoms with Crippen LogP contribution in [0, 0.1) is 0 Å². The number of nitrogens with one attached hydrogen (secondary N) is 1. The van der Waals surface area contributed by atoms with E-state index in [1.807, 2.05) is 0 Å². The van der Waals surface area contributed by atoms with Gasteiger partial charge in [-0.3, -0.25) is 0 Å². The molecule has 2 aliphatic rings. The Labute approximate surface area is 73.4 Å². The summed E-state index contributed by atoms with van der Waals surface area (Å²) in [5, 5.41) is 3.40. The summed E-state index contributed by atoms with van der Waals surface area (Å²) in [4.78, 5) is 10.4. The molecule has 0 aromatic heterocycles. The van der Waals surface area contributed by atoms with Gasteiger partial charge in [-0.2, -0.15) is 0 Å². The third kappa shape index (κ3) is 1.79. The van der Waals surface area contributed by atoms with Gasteiger partial charge >= 0.3 is 0 Å². The second-order valence-corrected chi connectivity index (χ2v) is 3.80. The molecule has 0 aliphatic carbocycles. The van der Waals surface area contributed by atoms with Crippen molar-refractivity contribution in [1.29, 1.82) is 0 Å². The SMILES string of the molecule is C1CNCCCC2(C1)CCOO2. The molecule has 0 bridgehead atoms. The van der Waals surface area contributed by atoms with E-state index in [4.69, 9.17) is 9.78 Å². The number of hydrogen-bond acceptors (Lipinski definition) is 3. The van der Waals surface area contributed by atoms with Gasteiger partial charge in [0.1, 0.15) is 5.60 Å². The lowest BCUT2D eigenvalue weighted by atomic mass is 9.88. The van der Waals surface area contributed by atoms with Gasteiger partial charge in [-0.1, -0.05) is 0 Å². The third-order valence-electron chi connectivity index (χ3n) is 2.85. The molecular weight excluding hydrogens is 154 g/mol. The fraction of sp³-hybridized carbons (Fsp3) is 1.00. The Balaban J connectivity index is 1.92. The first kappa shape index (κ1) is 8.48. The van der Waals surface area contributed by atoms with Gasteiger partial charge in [0.2, 0.25) is 0 Å². The molecule has 0 unspecified atom stereocenters. The summed E-state index contributed by atoms with van der Waals surface area (Å²) < 4.78 is 0.